The summed E-state index contributed by atoms with van der Waals surface area (Å²) >= 11 is 0. The molecular weight excluding hydrogens is 716 g/mol. The summed E-state index contributed by atoms with van der Waals surface area (Å²) in [6.45, 7) is 8.36. The molecule has 14 nitrogen and oxygen atoms in total. The summed E-state index contributed by atoms with van der Waals surface area (Å²) in [4.78, 5) is 83.5. The molecular formula is C42H48N6O8. The van der Waals surface area contributed by atoms with Crippen molar-refractivity contribution in [2.75, 3.05) is 13.2 Å². The summed E-state index contributed by atoms with van der Waals surface area (Å²) in [6.07, 6.45) is 1.74. The van der Waals surface area contributed by atoms with Gasteiger partial charge in [0.05, 0.1) is 0 Å². The van der Waals surface area contributed by atoms with Crippen molar-refractivity contribution in [2.45, 2.75) is 83.6 Å². The zero-order valence-corrected chi connectivity index (χ0v) is 32.1. The van der Waals surface area contributed by atoms with Crippen molar-refractivity contribution >= 4 is 46.6 Å². The van der Waals surface area contributed by atoms with E-state index in [0.717, 1.165) is 33.2 Å². The van der Waals surface area contributed by atoms with Crippen molar-refractivity contribution in [3.05, 3.63) is 90.1 Å². The maximum Gasteiger partial charge on any atom is 0.407 e. The van der Waals surface area contributed by atoms with E-state index in [9.17, 15) is 28.8 Å². The molecule has 2 aliphatic rings. The number of esters is 1. The third-order valence-corrected chi connectivity index (χ3v) is 10.4. The Bertz CT molecular complexity index is 2080. The van der Waals surface area contributed by atoms with E-state index < -0.39 is 65.9 Å². The zero-order valence-electron chi connectivity index (χ0n) is 32.1. The number of amides is 5. The highest BCUT2D eigenvalue weighted by atomic mass is 16.5. The number of aromatic amines is 1. The number of para-hydroxylation sites is 1. The minimum Gasteiger partial charge on any atom is -0.449 e. The molecule has 3 aromatic carbocycles. The van der Waals surface area contributed by atoms with Gasteiger partial charge in [-0.2, -0.15) is 0 Å². The topological polar surface area (TPSA) is 188 Å². The van der Waals surface area contributed by atoms with E-state index in [2.05, 4.69) is 26.3 Å². The second kappa shape index (κ2) is 17.1. The number of carbonyl (C=O) groups excluding carboxylic acids is 6. The first-order valence-electron chi connectivity index (χ1n) is 18.9. The van der Waals surface area contributed by atoms with Crippen LogP contribution in [0.25, 0.3) is 22.0 Å². The number of aromatic nitrogens is 1. The van der Waals surface area contributed by atoms with Gasteiger partial charge in [0, 0.05) is 29.6 Å². The van der Waals surface area contributed by atoms with Crippen LogP contribution in [0, 0.1) is 5.92 Å². The summed E-state index contributed by atoms with van der Waals surface area (Å²) in [6, 6.07) is 18.3. The minimum atomic E-state index is -1.06. The lowest BCUT2D eigenvalue weighted by molar-refractivity contribution is -0.144. The van der Waals surface area contributed by atoms with Crippen LogP contribution in [0.2, 0.25) is 0 Å². The lowest BCUT2D eigenvalue weighted by atomic mass is 9.98. The van der Waals surface area contributed by atoms with Gasteiger partial charge < -0.3 is 40.6 Å². The quantitative estimate of drug-likeness (QED) is 0.126. The molecule has 6 rings (SSSR count). The van der Waals surface area contributed by atoms with Gasteiger partial charge in [-0.25, -0.2) is 9.59 Å². The molecule has 2 heterocycles. The van der Waals surface area contributed by atoms with E-state index >= 15 is 0 Å². The number of alkyl carbamates (subject to hydrolysis) is 1. The molecule has 1 aliphatic heterocycles. The molecule has 14 heteroatoms. The lowest BCUT2D eigenvalue weighted by Crippen LogP contribution is -2.57. The van der Waals surface area contributed by atoms with Crippen molar-refractivity contribution in [1.82, 2.24) is 31.2 Å². The van der Waals surface area contributed by atoms with Gasteiger partial charge in [-0.1, -0.05) is 74.5 Å². The maximum atomic E-state index is 13.5. The largest absolute Gasteiger partial charge is 0.449 e. The van der Waals surface area contributed by atoms with Gasteiger partial charge in [0.25, 0.3) is 0 Å². The zero-order chi connectivity index (χ0) is 40.1. The predicted octanol–water partition coefficient (Wildman–Crippen LogP) is 4.14. The number of H-pyrrole nitrogens is 1. The molecule has 1 saturated heterocycles. The molecule has 5 unspecified atom stereocenters. The molecule has 1 aliphatic carbocycles. The number of hydrogen-bond acceptors (Lipinski definition) is 8. The van der Waals surface area contributed by atoms with E-state index in [4.69, 9.17) is 9.47 Å². The van der Waals surface area contributed by atoms with Crippen molar-refractivity contribution in [3.63, 3.8) is 0 Å². The normalized spacial score (nSPS) is 16.9. The smallest absolute Gasteiger partial charge is 0.407 e. The average molecular weight is 765 g/mol. The molecule has 56 heavy (non-hydrogen) atoms. The second-order valence-electron chi connectivity index (χ2n) is 14.7. The number of hydrogen-bond donors (Lipinski definition) is 5. The summed E-state index contributed by atoms with van der Waals surface area (Å²) in [5.74, 6) is -2.98. The average Bonchev–Trinajstić information content (AvgIpc) is 3.92. The van der Waals surface area contributed by atoms with Gasteiger partial charge in [-0.15, -0.1) is 0 Å². The van der Waals surface area contributed by atoms with Crippen LogP contribution in [-0.2, 0) is 28.7 Å². The van der Waals surface area contributed by atoms with Crippen LogP contribution in [0.3, 0.4) is 0 Å². The number of carbonyl (C=O) groups is 6. The van der Waals surface area contributed by atoms with E-state index in [0.29, 0.717) is 18.6 Å². The molecule has 294 valence electrons. The predicted molar refractivity (Wildman–Crippen MR) is 208 cm³/mol. The summed E-state index contributed by atoms with van der Waals surface area (Å²) < 4.78 is 11.2. The fourth-order valence-corrected chi connectivity index (χ4v) is 7.29. The standard InChI is InChI=1S/C42H48N6O8/c1-23(2)36(41(53)56-35-21-43-33-18-11-10-17-31(33)35)47-39(51)34-19-12-20-48(34)40(52)26(5)45-37(49)24(3)44-38(50)25(4)46-42(54)55-22-32-29-15-8-6-13-27(29)28-14-7-9-16-30(28)32/h6-11,13-18,21,23-26,32,34,36,43H,12,19-20,22H2,1-5H3,(H,44,50)(H,45,49)(H,46,54)(H,47,51). The number of ether oxygens (including phenoxy) is 2. The van der Waals surface area contributed by atoms with Crippen LogP contribution in [0.15, 0.2) is 79.0 Å². The molecule has 1 fully saturated rings. The highest BCUT2D eigenvalue weighted by Gasteiger charge is 2.39. The maximum absolute atomic E-state index is 13.5. The van der Waals surface area contributed by atoms with Gasteiger partial charge in [0.1, 0.15) is 36.8 Å². The lowest BCUT2D eigenvalue weighted by Gasteiger charge is -2.29. The highest BCUT2D eigenvalue weighted by molar-refractivity contribution is 5.96. The highest BCUT2D eigenvalue weighted by Crippen LogP contribution is 2.44. The minimum absolute atomic E-state index is 0.0785. The first-order chi connectivity index (χ1) is 26.8. The van der Waals surface area contributed by atoms with Crippen LogP contribution >= 0.6 is 0 Å². The van der Waals surface area contributed by atoms with E-state index in [1.54, 1.807) is 20.0 Å². The van der Waals surface area contributed by atoms with Gasteiger partial charge in [-0.3, -0.25) is 19.2 Å². The molecule has 5 N–H and O–H groups in total. The van der Waals surface area contributed by atoms with Gasteiger partial charge in [0.2, 0.25) is 23.6 Å². The first kappa shape index (κ1) is 39.5. The summed E-state index contributed by atoms with van der Waals surface area (Å²) in [7, 11) is 0. The van der Waals surface area contributed by atoms with Crippen LogP contribution in [0.4, 0.5) is 4.79 Å². The Labute approximate surface area is 325 Å². The second-order valence-corrected chi connectivity index (χ2v) is 14.7. The Morgan fingerprint density at radius 3 is 2.00 bits per heavy atom. The van der Waals surface area contributed by atoms with E-state index in [1.165, 1.54) is 25.7 Å². The SMILES string of the molecule is CC(NC(=O)OCC1c2ccccc2-c2ccccc21)C(=O)NC(C)C(=O)NC(C)C(=O)N1CCCC1C(=O)NC(C(=O)Oc1c[nH]c2ccccc12)C(C)C. The molecule has 0 spiro atoms. The van der Waals surface area contributed by atoms with Crippen LogP contribution in [0.5, 0.6) is 5.75 Å². The van der Waals surface area contributed by atoms with Gasteiger partial charge in [-0.05, 0) is 73.9 Å². The first-order valence-corrected chi connectivity index (χ1v) is 18.9. The number of rotatable bonds is 13. The third kappa shape index (κ3) is 8.54. The Morgan fingerprint density at radius 1 is 0.750 bits per heavy atom. The Morgan fingerprint density at radius 2 is 1.34 bits per heavy atom. The fourth-order valence-electron chi connectivity index (χ4n) is 7.29. The number of likely N-dealkylation sites (tertiary alicyclic amines) is 1. The van der Waals surface area contributed by atoms with Gasteiger partial charge >= 0.3 is 12.1 Å². The van der Waals surface area contributed by atoms with Crippen LogP contribution in [0.1, 0.15) is 64.5 Å². The fraction of sp³-hybridized carbons (Fsp3) is 0.381. The molecule has 0 radical (unpaired) electrons. The molecule has 1 aromatic heterocycles. The van der Waals surface area contributed by atoms with E-state index in [1.807, 2.05) is 72.8 Å². The Kier molecular flexibility index (Phi) is 12.1. The molecule has 0 bridgehead atoms. The Balaban J connectivity index is 0.964. The number of fused-ring (bicyclic) bond motifs is 4. The van der Waals surface area contributed by atoms with Crippen LogP contribution < -0.4 is 26.0 Å². The molecule has 5 atom stereocenters. The van der Waals surface area contributed by atoms with Gasteiger partial charge in [0.15, 0.2) is 5.75 Å². The van der Waals surface area contributed by atoms with E-state index in [-0.39, 0.29) is 25.0 Å². The van der Waals surface area contributed by atoms with Crippen molar-refractivity contribution in [3.8, 4) is 16.9 Å². The molecule has 5 amide bonds. The number of nitrogens with zero attached hydrogens (tertiary/aromatic N) is 1. The third-order valence-electron chi connectivity index (χ3n) is 10.4. The molecule has 4 aromatic rings. The van der Waals surface area contributed by atoms with Crippen molar-refractivity contribution in [2.24, 2.45) is 5.92 Å². The number of nitrogens with one attached hydrogen (secondary N) is 5. The molecule has 0 saturated carbocycles. The van der Waals surface area contributed by atoms with Crippen molar-refractivity contribution in [1.29, 1.82) is 0 Å². The summed E-state index contributed by atoms with van der Waals surface area (Å²) in [5, 5.41) is 11.2. The number of benzene rings is 3. The Hall–Kier alpha value is -6.18. The van der Waals surface area contributed by atoms with Crippen molar-refractivity contribution < 1.29 is 38.2 Å². The summed E-state index contributed by atoms with van der Waals surface area (Å²) in [5.41, 5.74) is 5.11. The van der Waals surface area contributed by atoms with Crippen LogP contribution in [-0.4, -0.2) is 88.9 Å². The monoisotopic (exact) mass is 764 g/mol.